The van der Waals surface area contributed by atoms with Crippen LogP contribution in [0.4, 0.5) is 9.59 Å². The molecule has 0 unspecified atom stereocenters. The average Bonchev–Trinajstić information content (AvgIpc) is 4.02. The van der Waals surface area contributed by atoms with Crippen LogP contribution < -0.4 is 10.6 Å². The monoisotopic (exact) mass is 763 g/mol. The number of imidazole rings is 2. The highest BCUT2D eigenvalue weighted by molar-refractivity contribution is 6.06. The number of hydrogen-bond acceptors (Lipinski definition) is 9. The fraction of sp³-hybridized carbons (Fsp3) is 0.425. The van der Waals surface area contributed by atoms with Gasteiger partial charge >= 0.3 is 12.2 Å². The lowest BCUT2D eigenvalue weighted by atomic mass is 10.0. The standard InChI is InChI=1S/C40H45N9O7/c1-19(2)29(46-39(52)53)37(50)48-16-6-8-27(48)34-41-24-13-11-21-18-22(10-12-23(21)31(24)44-34)36-43-26-15-14-25-32(33(26)56-36)45-35(42-25)28-9-7-17-49(28)38(51)30(20(3)4)47-40(54)55-5/h10-15,18-20,27-30,46H,6-9,16-17H2,1-5H3,(H,41,44)(H,42,45)(H,47,54)(H,52,53)/t27-,28-,29-,30-/m0/s1. The van der Waals surface area contributed by atoms with Crippen molar-refractivity contribution in [2.24, 2.45) is 11.8 Å². The number of aromatic nitrogens is 5. The number of rotatable bonds is 9. The van der Waals surface area contributed by atoms with Crippen LogP contribution in [0.25, 0.3) is 55.4 Å². The molecule has 3 aromatic carbocycles. The van der Waals surface area contributed by atoms with Crippen LogP contribution >= 0.6 is 0 Å². The maximum absolute atomic E-state index is 13.7. The summed E-state index contributed by atoms with van der Waals surface area (Å²) in [7, 11) is 1.28. The van der Waals surface area contributed by atoms with E-state index in [2.05, 4.69) is 20.6 Å². The number of hydrogen-bond donors (Lipinski definition) is 5. The third-order valence-corrected chi connectivity index (χ3v) is 11.1. The minimum atomic E-state index is -1.22. The van der Waals surface area contributed by atoms with Gasteiger partial charge in [-0.3, -0.25) is 9.59 Å². The lowest BCUT2D eigenvalue weighted by molar-refractivity contribution is -0.136. The molecule has 5 heterocycles. The predicted molar refractivity (Wildman–Crippen MR) is 208 cm³/mol. The van der Waals surface area contributed by atoms with E-state index < -0.39 is 24.3 Å². The molecular weight excluding hydrogens is 718 g/mol. The van der Waals surface area contributed by atoms with Gasteiger partial charge in [0.1, 0.15) is 34.8 Å². The Kier molecular flexibility index (Phi) is 9.50. The lowest BCUT2D eigenvalue weighted by Crippen LogP contribution is -2.51. The second kappa shape index (κ2) is 14.5. The summed E-state index contributed by atoms with van der Waals surface area (Å²) < 4.78 is 11.2. The van der Waals surface area contributed by atoms with Crippen LogP contribution in [0.15, 0.2) is 46.9 Å². The van der Waals surface area contributed by atoms with Crippen molar-refractivity contribution < 1.29 is 33.4 Å². The first-order valence-electron chi connectivity index (χ1n) is 19.1. The number of aromatic amines is 2. The van der Waals surface area contributed by atoms with Gasteiger partial charge in [0, 0.05) is 24.0 Å². The molecule has 16 heteroatoms. The molecule has 4 amide bonds. The SMILES string of the molecule is COC(=O)N[C@H](C(=O)N1CCC[C@H]1c1nc2c(ccc3nc(-c4ccc5c(ccc6[nH]c([C@@H]7CCCN7C(=O)[C@@H](NC(=O)O)C(C)C)nc65)c4)oc32)[nH]1)C(C)C. The quantitative estimate of drug-likeness (QED) is 0.109. The van der Waals surface area contributed by atoms with Crippen LogP contribution in [0.3, 0.4) is 0 Å². The normalized spacial score (nSPS) is 18.5. The van der Waals surface area contributed by atoms with E-state index in [4.69, 9.17) is 24.1 Å². The Morgan fingerprint density at radius 3 is 2.00 bits per heavy atom. The second-order valence-electron chi connectivity index (χ2n) is 15.4. The van der Waals surface area contributed by atoms with Crippen molar-refractivity contribution in [3.63, 3.8) is 0 Å². The van der Waals surface area contributed by atoms with Crippen LogP contribution in [0.2, 0.25) is 0 Å². The van der Waals surface area contributed by atoms with Gasteiger partial charge in [0.05, 0.1) is 35.7 Å². The van der Waals surface area contributed by atoms with E-state index in [9.17, 15) is 24.3 Å². The van der Waals surface area contributed by atoms with Crippen LogP contribution in [-0.2, 0) is 14.3 Å². The maximum Gasteiger partial charge on any atom is 0.407 e. The van der Waals surface area contributed by atoms with E-state index in [1.165, 1.54) is 7.11 Å². The molecule has 3 aromatic heterocycles. The number of ether oxygens (including phenoxy) is 1. The van der Waals surface area contributed by atoms with Gasteiger partial charge in [-0.05, 0) is 73.2 Å². The van der Waals surface area contributed by atoms with Crippen molar-refractivity contribution in [2.75, 3.05) is 20.2 Å². The molecule has 2 fully saturated rings. The Morgan fingerprint density at radius 1 is 0.804 bits per heavy atom. The molecule has 5 N–H and O–H groups in total. The summed E-state index contributed by atoms with van der Waals surface area (Å²) in [5, 5.41) is 16.3. The molecule has 0 spiro atoms. The number of alkyl carbamates (subject to hydrolysis) is 1. The molecular formula is C40H45N9O7. The Balaban J connectivity index is 1.07. The molecule has 0 aliphatic carbocycles. The van der Waals surface area contributed by atoms with Crippen LogP contribution in [0, 0.1) is 11.8 Å². The Bertz CT molecular complexity index is 2500. The van der Waals surface area contributed by atoms with E-state index in [0.29, 0.717) is 47.2 Å². The van der Waals surface area contributed by atoms with Crippen molar-refractivity contribution in [1.29, 1.82) is 0 Å². The van der Waals surface area contributed by atoms with Gasteiger partial charge in [-0.15, -0.1) is 0 Å². The number of oxazole rings is 1. The van der Waals surface area contributed by atoms with E-state index in [-0.39, 0.29) is 35.7 Å². The van der Waals surface area contributed by atoms with Gasteiger partial charge < -0.3 is 44.7 Å². The molecule has 56 heavy (non-hydrogen) atoms. The van der Waals surface area contributed by atoms with E-state index >= 15 is 0 Å². The number of nitrogens with zero attached hydrogens (tertiary/aromatic N) is 5. The highest BCUT2D eigenvalue weighted by Gasteiger charge is 2.39. The number of nitrogens with one attached hydrogen (secondary N) is 4. The smallest absolute Gasteiger partial charge is 0.407 e. The third kappa shape index (κ3) is 6.51. The summed E-state index contributed by atoms with van der Waals surface area (Å²) in [4.78, 5) is 75.8. The first-order chi connectivity index (χ1) is 26.9. The zero-order valence-corrected chi connectivity index (χ0v) is 31.9. The van der Waals surface area contributed by atoms with Gasteiger partial charge in [0.25, 0.3) is 0 Å². The number of carbonyl (C=O) groups excluding carboxylic acids is 3. The molecule has 16 nitrogen and oxygen atoms in total. The zero-order valence-electron chi connectivity index (χ0n) is 31.9. The molecule has 6 aromatic rings. The Hall–Kier alpha value is -6.19. The van der Waals surface area contributed by atoms with E-state index in [0.717, 1.165) is 58.6 Å². The predicted octanol–water partition coefficient (Wildman–Crippen LogP) is 6.40. The maximum atomic E-state index is 13.7. The molecule has 2 saturated heterocycles. The Morgan fingerprint density at radius 2 is 1.39 bits per heavy atom. The molecule has 8 rings (SSSR count). The minimum absolute atomic E-state index is 0.141. The fourth-order valence-electron chi connectivity index (χ4n) is 8.20. The second-order valence-corrected chi connectivity index (χ2v) is 15.4. The number of likely N-dealkylation sites (tertiary alicyclic amines) is 2. The van der Waals surface area contributed by atoms with Gasteiger partial charge in [0.2, 0.25) is 17.7 Å². The number of carbonyl (C=O) groups is 4. The summed E-state index contributed by atoms with van der Waals surface area (Å²) in [6.07, 6.45) is 1.16. The molecule has 2 aliphatic rings. The van der Waals surface area contributed by atoms with Gasteiger partial charge in [-0.1, -0.05) is 39.8 Å². The summed E-state index contributed by atoms with van der Waals surface area (Å²) >= 11 is 0. The van der Waals surface area contributed by atoms with E-state index in [1.54, 1.807) is 9.80 Å². The van der Waals surface area contributed by atoms with Crippen molar-refractivity contribution in [3.8, 4) is 11.5 Å². The molecule has 0 saturated carbocycles. The summed E-state index contributed by atoms with van der Waals surface area (Å²) in [5.41, 5.74) is 4.95. The first-order valence-corrected chi connectivity index (χ1v) is 19.1. The third-order valence-electron chi connectivity index (χ3n) is 11.1. The van der Waals surface area contributed by atoms with Gasteiger partial charge in [0.15, 0.2) is 5.58 Å². The summed E-state index contributed by atoms with van der Waals surface area (Å²) in [6.45, 7) is 8.50. The highest BCUT2D eigenvalue weighted by Crippen LogP contribution is 2.38. The minimum Gasteiger partial charge on any atom is -0.465 e. The van der Waals surface area contributed by atoms with Gasteiger partial charge in [-0.2, -0.15) is 0 Å². The highest BCUT2D eigenvalue weighted by atomic mass is 16.5. The summed E-state index contributed by atoms with van der Waals surface area (Å²) in [5.74, 6) is 0.971. The fourth-order valence-corrected chi connectivity index (χ4v) is 8.20. The van der Waals surface area contributed by atoms with E-state index in [1.807, 2.05) is 70.2 Å². The lowest BCUT2D eigenvalue weighted by Gasteiger charge is -2.29. The van der Waals surface area contributed by atoms with Crippen molar-refractivity contribution in [1.82, 2.24) is 45.4 Å². The van der Waals surface area contributed by atoms with Gasteiger partial charge in [-0.25, -0.2) is 24.5 Å². The molecule has 292 valence electrons. The zero-order chi connectivity index (χ0) is 39.4. The van der Waals surface area contributed by atoms with Crippen molar-refractivity contribution in [2.45, 2.75) is 77.5 Å². The summed E-state index contributed by atoms with van der Waals surface area (Å²) in [6, 6.07) is 11.5. The largest absolute Gasteiger partial charge is 0.465 e. The molecule has 4 atom stereocenters. The van der Waals surface area contributed by atoms with Crippen molar-refractivity contribution in [3.05, 3.63) is 54.1 Å². The number of carboxylic acid groups (broad SMARTS) is 1. The first kappa shape index (κ1) is 36.8. The number of amides is 4. The number of fused-ring (bicyclic) bond motifs is 6. The molecule has 2 aliphatic heterocycles. The Labute approximate surface area is 321 Å². The van der Waals surface area contributed by atoms with Crippen LogP contribution in [-0.4, -0.2) is 96.1 Å². The van der Waals surface area contributed by atoms with Crippen LogP contribution in [0.1, 0.15) is 77.1 Å². The number of H-pyrrole nitrogens is 2. The molecule has 0 bridgehead atoms. The number of benzene rings is 3. The van der Waals surface area contributed by atoms with Crippen LogP contribution in [0.5, 0.6) is 0 Å². The topological polar surface area (TPSA) is 212 Å². The molecule has 0 radical (unpaired) electrons. The van der Waals surface area contributed by atoms with Crippen molar-refractivity contribution >= 4 is 67.9 Å². The number of methoxy groups -OCH3 is 1. The average molecular weight is 764 g/mol.